The number of halogens is 1. The molecule has 1 aromatic heterocycles. The first kappa shape index (κ1) is 12.5. The zero-order chi connectivity index (χ0) is 12.6. The Morgan fingerprint density at radius 2 is 1.94 bits per heavy atom. The molecule has 1 heterocycles. The van der Waals surface area contributed by atoms with E-state index in [9.17, 15) is 0 Å². The van der Waals surface area contributed by atoms with Gasteiger partial charge in [-0.2, -0.15) is 0 Å². The average Bonchev–Trinajstić information content (AvgIpc) is 2.58. The molecule has 0 saturated carbocycles. The van der Waals surface area contributed by atoms with Crippen LogP contribution in [-0.2, 0) is 0 Å². The van der Waals surface area contributed by atoms with Crippen molar-refractivity contribution in [2.75, 3.05) is 7.05 Å². The molecule has 2 nitrogen and oxygen atoms in total. The van der Waals surface area contributed by atoms with Crippen LogP contribution in [0.25, 0.3) is 11.0 Å². The smallest absolute Gasteiger partial charge is 0.134 e. The molecule has 0 aliphatic rings. The maximum absolute atomic E-state index is 5.97. The van der Waals surface area contributed by atoms with E-state index in [4.69, 9.17) is 16.0 Å². The third-order valence-corrected chi connectivity index (χ3v) is 3.17. The first-order valence-electron chi connectivity index (χ1n) is 5.78. The highest BCUT2D eigenvalue weighted by molar-refractivity contribution is 6.31. The number of benzene rings is 1. The van der Waals surface area contributed by atoms with Gasteiger partial charge in [0.1, 0.15) is 11.3 Å². The van der Waals surface area contributed by atoms with Crippen LogP contribution in [0, 0.1) is 5.41 Å². The molecule has 1 N–H and O–H groups in total. The Morgan fingerprint density at radius 3 is 2.53 bits per heavy atom. The monoisotopic (exact) mass is 251 g/mol. The molecule has 0 saturated heterocycles. The molecule has 3 heteroatoms. The molecular formula is C14H18ClNO. The second kappa shape index (κ2) is 4.35. The van der Waals surface area contributed by atoms with Crippen LogP contribution >= 0.6 is 11.6 Å². The lowest BCUT2D eigenvalue weighted by atomic mass is 9.85. The summed E-state index contributed by atoms with van der Waals surface area (Å²) in [6.45, 7) is 6.57. The van der Waals surface area contributed by atoms with E-state index in [1.807, 2.05) is 25.2 Å². The van der Waals surface area contributed by atoms with E-state index in [0.717, 1.165) is 21.8 Å². The van der Waals surface area contributed by atoms with E-state index in [1.165, 1.54) is 0 Å². The van der Waals surface area contributed by atoms with Crippen molar-refractivity contribution in [1.29, 1.82) is 0 Å². The summed E-state index contributed by atoms with van der Waals surface area (Å²) in [5, 5.41) is 5.10. The number of nitrogens with one attached hydrogen (secondary N) is 1. The summed E-state index contributed by atoms with van der Waals surface area (Å²) in [6, 6.07) is 7.94. The molecule has 2 aromatic rings. The van der Waals surface area contributed by atoms with Crippen LogP contribution < -0.4 is 5.32 Å². The predicted molar refractivity (Wildman–Crippen MR) is 72.5 cm³/mol. The maximum atomic E-state index is 5.97. The van der Waals surface area contributed by atoms with Crippen LogP contribution in [0.5, 0.6) is 0 Å². The molecule has 92 valence electrons. The van der Waals surface area contributed by atoms with Gasteiger partial charge < -0.3 is 9.73 Å². The minimum absolute atomic E-state index is 0.104. The fraction of sp³-hybridized carbons (Fsp3) is 0.429. The second-order valence-electron chi connectivity index (χ2n) is 5.42. The van der Waals surface area contributed by atoms with Gasteiger partial charge in [-0.15, -0.1) is 0 Å². The van der Waals surface area contributed by atoms with Crippen LogP contribution in [0.4, 0.5) is 0 Å². The minimum atomic E-state index is 0.104. The van der Waals surface area contributed by atoms with Crippen molar-refractivity contribution in [1.82, 2.24) is 5.32 Å². The molecule has 1 aromatic carbocycles. The number of furan rings is 1. The van der Waals surface area contributed by atoms with Crippen LogP contribution in [0.2, 0.25) is 5.02 Å². The molecule has 0 aliphatic heterocycles. The van der Waals surface area contributed by atoms with Gasteiger partial charge in [0.25, 0.3) is 0 Å². The van der Waals surface area contributed by atoms with Crippen molar-refractivity contribution in [3.8, 4) is 0 Å². The molecule has 0 bridgehead atoms. The zero-order valence-electron chi connectivity index (χ0n) is 10.7. The number of hydrogen-bond donors (Lipinski definition) is 1. The molecule has 0 amide bonds. The standard InChI is InChI=1S/C14H18ClNO/c1-14(2,3)13(16-4)12-8-9-7-10(15)5-6-11(9)17-12/h5-8,13,16H,1-4H3. The van der Waals surface area contributed by atoms with E-state index >= 15 is 0 Å². The largest absolute Gasteiger partial charge is 0.459 e. The van der Waals surface area contributed by atoms with Crippen molar-refractivity contribution in [3.05, 3.63) is 35.0 Å². The Bertz CT molecular complexity index is 524. The lowest BCUT2D eigenvalue weighted by Gasteiger charge is -2.28. The molecule has 2 rings (SSSR count). The topological polar surface area (TPSA) is 25.2 Å². The summed E-state index contributed by atoms with van der Waals surface area (Å²) < 4.78 is 5.88. The van der Waals surface area contributed by atoms with Crippen LogP contribution in [0.1, 0.15) is 32.6 Å². The fourth-order valence-electron chi connectivity index (χ4n) is 2.18. The van der Waals surface area contributed by atoms with Gasteiger partial charge in [0.05, 0.1) is 6.04 Å². The molecule has 0 fully saturated rings. The Kier molecular flexibility index (Phi) is 3.19. The Labute approximate surface area is 107 Å². The third kappa shape index (κ3) is 2.48. The number of fused-ring (bicyclic) bond motifs is 1. The van der Waals surface area contributed by atoms with Gasteiger partial charge >= 0.3 is 0 Å². The SMILES string of the molecule is CNC(c1cc2cc(Cl)ccc2o1)C(C)(C)C. The molecule has 0 radical (unpaired) electrons. The lowest BCUT2D eigenvalue weighted by molar-refractivity contribution is 0.253. The number of rotatable bonds is 2. The third-order valence-electron chi connectivity index (χ3n) is 2.94. The summed E-state index contributed by atoms with van der Waals surface area (Å²) >= 11 is 5.97. The Balaban J connectivity index is 2.48. The number of hydrogen-bond acceptors (Lipinski definition) is 2. The Morgan fingerprint density at radius 1 is 1.24 bits per heavy atom. The second-order valence-corrected chi connectivity index (χ2v) is 5.86. The van der Waals surface area contributed by atoms with E-state index in [-0.39, 0.29) is 11.5 Å². The van der Waals surface area contributed by atoms with Gasteiger partial charge in [0.15, 0.2) is 0 Å². The van der Waals surface area contributed by atoms with Gasteiger partial charge in [0, 0.05) is 10.4 Å². The fourth-order valence-corrected chi connectivity index (χ4v) is 2.36. The van der Waals surface area contributed by atoms with E-state index in [2.05, 4.69) is 32.2 Å². The maximum Gasteiger partial charge on any atom is 0.134 e. The minimum Gasteiger partial charge on any atom is -0.459 e. The molecular weight excluding hydrogens is 234 g/mol. The summed E-state index contributed by atoms with van der Waals surface area (Å²) in [6.07, 6.45) is 0. The molecule has 17 heavy (non-hydrogen) atoms. The quantitative estimate of drug-likeness (QED) is 0.856. The van der Waals surface area contributed by atoms with Gasteiger partial charge in [0.2, 0.25) is 0 Å². The molecule has 1 unspecified atom stereocenters. The zero-order valence-corrected chi connectivity index (χ0v) is 11.4. The Hall–Kier alpha value is -0.990. The average molecular weight is 252 g/mol. The van der Waals surface area contributed by atoms with Crippen molar-refractivity contribution in [2.24, 2.45) is 5.41 Å². The van der Waals surface area contributed by atoms with Crippen molar-refractivity contribution >= 4 is 22.6 Å². The normalized spacial score (nSPS) is 14.2. The highest BCUT2D eigenvalue weighted by Gasteiger charge is 2.27. The van der Waals surface area contributed by atoms with Crippen LogP contribution in [-0.4, -0.2) is 7.05 Å². The summed E-state index contributed by atoms with van der Waals surface area (Å²) in [4.78, 5) is 0. The highest BCUT2D eigenvalue weighted by atomic mass is 35.5. The predicted octanol–water partition coefficient (Wildman–Crippen LogP) is 4.39. The van der Waals surface area contributed by atoms with Crippen LogP contribution in [0.3, 0.4) is 0 Å². The van der Waals surface area contributed by atoms with Crippen LogP contribution in [0.15, 0.2) is 28.7 Å². The molecule has 0 aliphatic carbocycles. The molecule has 0 spiro atoms. The van der Waals surface area contributed by atoms with E-state index in [0.29, 0.717) is 0 Å². The van der Waals surface area contributed by atoms with Crippen molar-refractivity contribution in [2.45, 2.75) is 26.8 Å². The van der Waals surface area contributed by atoms with Gasteiger partial charge in [-0.3, -0.25) is 0 Å². The van der Waals surface area contributed by atoms with E-state index in [1.54, 1.807) is 0 Å². The van der Waals surface area contributed by atoms with Crippen molar-refractivity contribution < 1.29 is 4.42 Å². The molecule has 1 atom stereocenters. The van der Waals surface area contributed by atoms with Gasteiger partial charge in [-0.05, 0) is 36.7 Å². The summed E-state index contributed by atoms with van der Waals surface area (Å²) in [7, 11) is 1.95. The first-order valence-corrected chi connectivity index (χ1v) is 6.16. The van der Waals surface area contributed by atoms with Crippen molar-refractivity contribution in [3.63, 3.8) is 0 Å². The van der Waals surface area contributed by atoms with Gasteiger partial charge in [-0.25, -0.2) is 0 Å². The van der Waals surface area contributed by atoms with E-state index < -0.39 is 0 Å². The lowest BCUT2D eigenvalue weighted by Crippen LogP contribution is -2.29. The first-order chi connectivity index (χ1) is 7.91. The highest BCUT2D eigenvalue weighted by Crippen LogP contribution is 2.35. The summed E-state index contributed by atoms with van der Waals surface area (Å²) in [5.41, 5.74) is 0.987. The summed E-state index contributed by atoms with van der Waals surface area (Å²) in [5.74, 6) is 0.956. The van der Waals surface area contributed by atoms with Gasteiger partial charge in [-0.1, -0.05) is 32.4 Å².